The summed E-state index contributed by atoms with van der Waals surface area (Å²) in [4.78, 5) is 37.3. The Hall–Kier alpha value is -4.70. The van der Waals surface area contributed by atoms with Crippen molar-refractivity contribution in [3.05, 3.63) is 77.6 Å². The Morgan fingerprint density at radius 1 is 1.05 bits per heavy atom. The number of aliphatic hydroxyl groups excluding tert-OH is 1. The molecular weight excluding hydrogens is 529 g/mol. The third kappa shape index (κ3) is 6.22. The van der Waals surface area contributed by atoms with Gasteiger partial charge in [-0.15, -0.1) is 0 Å². The van der Waals surface area contributed by atoms with Crippen molar-refractivity contribution in [2.24, 2.45) is 5.92 Å². The van der Waals surface area contributed by atoms with Gasteiger partial charge < -0.3 is 30.2 Å². The molecule has 2 bridgehead atoms. The lowest BCUT2D eigenvalue weighted by atomic mass is 9.97. The number of amides is 2. The number of aliphatic carboxylic acids is 1. The maximum Gasteiger partial charge on any atom is 0.306 e. The largest absolute Gasteiger partial charge is 0.481 e. The number of nitrogens with one attached hydrogen (secondary N) is 2. The average Bonchev–Trinajstić information content (AvgIpc) is 3.79. The molecule has 6 rings (SSSR count). The minimum atomic E-state index is -0.630. The van der Waals surface area contributed by atoms with Crippen LogP contribution in [-0.4, -0.2) is 55.4 Å². The molecule has 2 aliphatic rings. The highest BCUT2D eigenvalue weighted by molar-refractivity contribution is 6.13. The first-order valence-corrected chi connectivity index (χ1v) is 13.2. The first-order valence-electron chi connectivity index (χ1n) is 13.2. The van der Waals surface area contributed by atoms with Crippen molar-refractivity contribution in [1.82, 2.24) is 10.6 Å². The van der Waals surface area contributed by atoms with Crippen LogP contribution < -0.4 is 15.5 Å². The van der Waals surface area contributed by atoms with E-state index in [1.165, 1.54) is 12.1 Å². The number of nitrogens with zero attached hydrogens (tertiary/aromatic N) is 1. The third-order valence-electron chi connectivity index (χ3n) is 6.88. The number of hydrogen-bond acceptors (Lipinski definition) is 6. The molecule has 1 fully saturated rings. The number of benzene rings is 3. The Morgan fingerprint density at radius 2 is 1.73 bits per heavy atom. The van der Waals surface area contributed by atoms with Gasteiger partial charge in [-0.05, 0) is 67.8 Å². The molecule has 1 saturated carbocycles. The zero-order chi connectivity index (χ0) is 29.7. The lowest BCUT2D eigenvalue weighted by Crippen LogP contribution is -2.37. The summed E-state index contributed by atoms with van der Waals surface area (Å²) in [5.41, 5.74) is 4.74. The second-order valence-corrected chi connectivity index (χ2v) is 9.47. The highest BCUT2D eigenvalue weighted by Crippen LogP contribution is 2.41. The molecule has 0 saturated heterocycles. The fourth-order valence-corrected chi connectivity index (χ4v) is 4.57. The van der Waals surface area contributed by atoms with Crippen LogP contribution in [0.25, 0.3) is 33.4 Å². The van der Waals surface area contributed by atoms with Crippen LogP contribution in [0.4, 0.5) is 10.1 Å². The Balaban J connectivity index is 0.000000424. The molecule has 0 unspecified atom stereocenters. The predicted octanol–water partition coefficient (Wildman–Crippen LogP) is 4.88. The van der Waals surface area contributed by atoms with Gasteiger partial charge in [0.1, 0.15) is 17.2 Å². The number of aliphatic hydroxyl groups is 1. The minimum absolute atomic E-state index is 0.0185. The summed E-state index contributed by atoms with van der Waals surface area (Å²) < 4.78 is 19.7. The molecule has 0 radical (unpaired) electrons. The van der Waals surface area contributed by atoms with E-state index in [2.05, 4.69) is 10.6 Å². The van der Waals surface area contributed by atoms with Gasteiger partial charge in [-0.2, -0.15) is 0 Å². The maximum atomic E-state index is 13.5. The van der Waals surface area contributed by atoms with Gasteiger partial charge >= 0.3 is 5.97 Å². The number of anilines is 1. The molecule has 1 aliphatic heterocycles. The van der Waals surface area contributed by atoms with Gasteiger partial charge in [0, 0.05) is 54.5 Å². The molecule has 41 heavy (non-hydrogen) atoms. The topological polar surface area (TPSA) is 132 Å². The van der Waals surface area contributed by atoms with E-state index in [0.717, 1.165) is 36.8 Å². The number of furan rings is 1. The van der Waals surface area contributed by atoms with E-state index in [1.54, 1.807) is 25.2 Å². The van der Waals surface area contributed by atoms with Crippen LogP contribution in [-0.2, 0) is 4.79 Å². The highest BCUT2D eigenvalue weighted by Gasteiger charge is 2.29. The van der Waals surface area contributed by atoms with Crippen molar-refractivity contribution in [3.63, 3.8) is 0 Å². The van der Waals surface area contributed by atoms with Crippen molar-refractivity contribution in [2.75, 3.05) is 32.3 Å². The maximum absolute atomic E-state index is 13.5. The molecule has 1 aliphatic carbocycles. The van der Waals surface area contributed by atoms with Gasteiger partial charge in [-0.3, -0.25) is 14.4 Å². The van der Waals surface area contributed by atoms with E-state index in [1.807, 2.05) is 42.2 Å². The van der Waals surface area contributed by atoms with E-state index < -0.39 is 5.97 Å². The minimum Gasteiger partial charge on any atom is -0.481 e. The summed E-state index contributed by atoms with van der Waals surface area (Å²) in [5.74, 6) is -1.04. The summed E-state index contributed by atoms with van der Waals surface area (Å²) in [7, 11) is 2.56. The summed E-state index contributed by atoms with van der Waals surface area (Å²) in [6, 6.07) is 17.1. The molecule has 0 spiro atoms. The predicted molar refractivity (Wildman–Crippen MR) is 154 cm³/mol. The quantitative estimate of drug-likeness (QED) is 0.279. The van der Waals surface area contributed by atoms with Gasteiger partial charge in [0.25, 0.3) is 11.8 Å². The normalized spacial score (nSPS) is 13.7. The smallest absolute Gasteiger partial charge is 0.306 e. The van der Waals surface area contributed by atoms with Crippen LogP contribution in [0.1, 0.15) is 40.5 Å². The number of halogens is 1. The summed E-state index contributed by atoms with van der Waals surface area (Å²) >= 11 is 0. The Kier molecular flexibility index (Phi) is 9.04. The standard InChI is InChI=1S/C26H22FN3O3.C4H6O2.CH4O/c1-3-30-14-29-25(31)17-6-4-5-16(11-17)19-12-20-22(13-21(19)30)33-24(23(20)26(32)28-2)15-7-9-18(27)10-8-15;5-4(6)3-1-2-3;1-2/h4-13H,3,14H2,1-2H3,(H,28,32)(H,29,31);3H,1-2H2,(H,5,6);2H,1H3. The zero-order valence-corrected chi connectivity index (χ0v) is 23.0. The van der Waals surface area contributed by atoms with Crippen LogP contribution in [0.2, 0.25) is 0 Å². The number of rotatable bonds is 4. The second kappa shape index (κ2) is 12.6. The van der Waals surface area contributed by atoms with E-state index >= 15 is 0 Å². The summed E-state index contributed by atoms with van der Waals surface area (Å²) in [5, 5.41) is 21.3. The Bertz CT molecular complexity index is 1580. The van der Waals surface area contributed by atoms with Gasteiger partial charge in [-0.1, -0.05) is 12.1 Å². The van der Waals surface area contributed by atoms with Gasteiger partial charge in [-0.25, -0.2) is 4.39 Å². The molecule has 4 N–H and O–H groups in total. The van der Waals surface area contributed by atoms with Crippen molar-refractivity contribution >= 4 is 34.4 Å². The monoisotopic (exact) mass is 561 g/mol. The zero-order valence-electron chi connectivity index (χ0n) is 23.0. The number of fused-ring (bicyclic) bond motifs is 5. The summed E-state index contributed by atoms with van der Waals surface area (Å²) in [6.45, 7) is 3.00. The molecule has 2 amide bonds. The number of carbonyl (C=O) groups is 3. The highest BCUT2D eigenvalue weighted by atomic mass is 19.1. The average molecular weight is 562 g/mol. The van der Waals surface area contributed by atoms with Crippen LogP contribution in [0.15, 0.2) is 65.1 Å². The van der Waals surface area contributed by atoms with E-state index in [9.17, 15) is 18.8 Å². The second-order valence-electron chi connectivity index (χ2n) is 9.47. The molecule has 9 nitrogen and oxygen atoms in total. The molecule has 3 aromatic carbocycles. The molecule has 10 heteroatoms. The SMILES string of the molecule is CCN1CNC(=O)c2cccc(c2)-c2cc3c(C(=O)NC)c(-c4ccc(F)cc4)oc3cc21.CO.O=C(O)C1CC1. The van der Waals surface area contributed by atoms with Crippen molar-refractivity contribution < 1.29 is 33.4 Å². The Morgan fingerprint density at radius 3 is 2.32 bits per heavy atom. The van der Waals surface area contributed by atoms with Crippen LogP contribution in [0.3, 0.4) is 0 Å². The fraction of sp³-hybridized carbons (Fsp3) is 0.258. The lowest BCUT2D eigenvalue weighted by Gasteiger charge is -2.25. The van der Waals surface area contributed by atoms with E-state index in [-0.39, 0.29) is 23.5 Å². The molecule has 1 aromatic heterocycles. The van der Waals surface area contributed by atoms with Crippen molar-refractivity contribution in [3.8, 4) is 22.5 Å². The number of hydrogen-bond donors (Lipinski definition) is 4. The van der Waals surface area contributed by atoms with Crippen LogP contribution in [0, 0.1) is 11.7 Å². The molecular formula is C31H32FN3O6. The molecule has 4 aromatic rings. The van der Waals surface area contributed by atoms with Gasteiger partial charge in [0.2, 0.25) is 0 Å². The summed E-state index contributed by atoms with van der Waals surface area (Å²) in [6.07, 6.45) is 1.80. The number of carbonyl (C=O) groups excluding carboxylic acids is 2. The molecule has 0 atom stereocenters. The molecule has 214 valence electrons. The van der Waals surface area contributed by atoms with Crippen molar-refractivity contribution in [1.29, 1.82) is 0 Å². The number of carboxylic acid groups (broad SMARTS) is 1. The fourth-order valence-electron chi connectivity index (χ4n) is 4.57. The molecule has 2 heterocycles. The van der Waals surface area contributed by atoms with E-state index in [4.69, 9.17) is 14.6 Å². The van der Waals surface area contributed by atoms with Crippen LogP contribution >= 0.6 is 0 Å². The lowest BCUT2D eigenvalue weighted by molar-refractivity contribution is -0.138. The third-order valence-corrected chi connectivity index (χ3v) is 6.88. The van der Waals surface area contributed by atoms with Crippen molar-refractivity contribution in [2.45, 2.75) is 19.8 Å². The van der Waals surface area contributed by atoms with E-state index in [0.29, 0.717) is 46.6 Å². The number of carboxylic acids is 1. The first kappa shape index (κ1) is 29.3. The first-order chi connectivity index (χ1) is 19.8. The van der Waals surface area contributed by atoms with Gasteiger partial charge in [0.15, 0.2) is 0 Å². The Labute approximate surface area is 236 Å². The van der Waals surface area contributed by atoms with Crippen LogP contribution in [0.5, 0.6) is 0 Å². The van der Waals surface area contributed by atoms with Gasteiger partial charge in [0.05, 0.1) is 18.2 Å².